The lowest BCUT2D eigenvalue weighted by Gasteiger charge is -2.00. The van der Waals surface area contributed by atoms with Gasteiger partial charge in [-0.25, -0.2) is 4.68 Å². The molecule has 0 radical (unpaired) electrons. The smallest absolute Gasteiger partial charge is 0.0678 e. The zero-order chi connectivity index (χ0) is 9.26. The lowest BCUT2D eigenvalue weighted by molar-refractivity contribution is 0.874. The third kappa shape index (κ3) is 2.12. The summed E-state index contributed by atoms with van der Waals surface area (Å²) in [5.41, 5.74) is 3.22. The molecule has 0 bridgehead atoms. The summed E-state index contributed by atoms with van der Waals surface area (Å²) < 4.78 is 1.85. The van der Waals surface area contributed by atoms with E-state index in [4.69, 9.17) is 0 Å². The zero-order valence-corrected chi connectivity index (χ0v) is 8.95. The second-order valence-electron chi connectivity index (χ2n) is 3.12. The number of pyridine rings is 1. The molecule has 2 aromatic rings. The van der Waals surface area contributed by atoms with Gasteiger partial charge in [0, 0.05) is 18.1 Å². The number of nitrogens with zero attached hydrogens (tertiary/aromatic N) is 3. The van der Waals surface area contributed by atoms with Crippen LogP contribution in [0.25, 0.3) is 5.69 Å². The first kappa shape index (κ1) is 10.7. The van der Waals surface area contributed by atoms with Gasteiger partial charge in [0.15, 0.2) is 0 Å². The second kappa shape index (κ2) is 4.24. The van der Waals surface area contributed by atoms with Gasteiger partial charge in [-0.15, -0.1) is 12.4 Å². The Balaban J connectivity index is 0.000000980. The summed E-state index contributed by atoms with van der Waals surface area (Å²) in [7, 11) is 0. The fraction of sp³-hybridized carbons (Fsp3) is 0.200. The Morgan fingerprint density at radius 2 is 2.07 bits per heavy atom. The monoisotopic (exact) mass is 209 g/mol. The first-order valence-corrected chi connectivity index (χ1v) is 4.20. The molecule has 2 rings (SSSR count). The van der Waals surface area contributed by atoms with E-state index in [0.717, 1.165) is 16.9 Å². The number of rotatable bonds is 1. The fourth-order valence-electron chi connectivity index (χ4n) is 1.23. The van der Waals surface area contributed by atoms with E-state index < -0.39 is 0 Å². The fourth-order valence-corrected chi connectivity index (χ4v) is 1.23. The molecule has 0 aliphatic heterocycles. The van der Waals surface area contributed by atoms with Crippen molar-refractivity contribution in [2.75, 3.05) is 0 Å². The SMILES string of the molecule is Cc1cnn(-c2ccnc(C)c2)c1.Cl. The quantitative estimate of drug-likeness (QED) is 0.722. The summed E-state index contributed by atoms with van der Waals surface area (Å²) in [6.45, 7) is 4.00. The molecule has 3 nitrogen and oxygen atoms in total. The molecule has 0 saturated carbocycles. The van der Waals surface area contributed by atoms with E-state index in [1.54, 1.807) is 6.20 Å². The minimum atomic E-state index is 0. The Labute approximate surface area is 89.2 Å². The van der Waals surface area contributed by atoms with Gasteiger partial charge in [-0.1, -0.05) is 0 Å². The first-order chi connectivity index (χ1) is 6.25. The third-order valence-electron chi connectivity index (χ3n) is 1.86. The van der Waals surface area contributed by atoms with Crippen molar-refractivity contribution < 1.29 is 0 Å². The molecule has 0 amide bonds. The molecule has 0 aliphatic carbocycles. The van der Waals surface area contributed by atoms with Crippen LogP contribution in [-0.2, 0) is 0 Å². The molecule has 0 atom stereocenters. The van der Waals surface area contributed by atoms with Crippen molar-refractivity contribution in [3.8, 4) is 5.69 Å². The van der Waals surface area contributed by atoms with Gasteiger partial charge in [-0.2, -0.15) is 5.10 Å². The predicted octanol–water partition coefficient (Wildman–Crippen LogP) is 2.31. The van der Waals surface area contributed by atoms with Crippen molar-refractivity contribution in [2.45, 2.75) is 13.8 Å². The van der Waals surface area contributed by atoms with E-state index in [1.165, 1.54) is 0 Å². The van der Waals surface area contributed by atoms with Crippen molar-refractivity contribution >= 4 is 12.4 Å². The number of hydrogen-bond donors (Lipinski definition) is 0. The van der Waals surface area contributed by atoms with E-state index in [-0.39, 0.29) is 12.4 Å². The first-order valence-electron chi connectivity index (χ1n) is 4.20. The van der Waals surface area contributed by atoms with E-state index in [2.05, 4.69) is 10.1 Å². The summed E-state index contributed by atoms with van der Waals surface area (Å²) >= 11 is 0. The van der Waals surface area contributed by atoms with Crippen LogP contribution >= 0.6 is 12.4 Å². The Morgan fingerprint density at radius 1 is 1.29 bits per heavy atom. The van der Waals surface area contributed by atoms with Crippen LogP contribution in [0.4, 0.5) is 0 Å². The maximum Gasteiger partial charge on any atom is 0.0678 e. The van der Waals surface area contributed by atoms with Crippen molar-refractivity contribution in [1.82, 2.24) is 14.8 Å². The largest absolute Gasteiger partial charge is 0.261 e. The molecule has 0 spiro atoms. The van der Waals surface area contributed by atoms with Gasteiger partial charge in [0.05, 0.1) is 11.9 Å². The number of aryl methyl sites for hydroxylation is 2. The average Bonchev–Trinajstić information content (AvgIpc) is 2.52. The van der Waals surface area contributed by atoms with Crippen LogP contribution in [0.3, 0.4) is 0 Å². The van der Waals surface area contributed by atoms with Gasteiger partial charge in [0.25, 0.3) is 0 Å². The van der Waals surface area contributed by atoms with Gasteiger partial charge in [0.1, 0.15) is 0 Å². The van der Waals surface area contributed by atoms with Crippen LogP contribution in [-0.4, -0.2) is 14.8 Å². The van der Waals surface area contributed by atoms with Crippen LogP contribution in [0.5, 0.6) is 0 Å². The van der Waals surface area contributed by atoms with E-state index in [9.17, 15) is 0 Å². The van der Waals surface area contributed by atoms with Crippen LogP contribution < -0.4 is 0 Å². The van der Waals surface area contributed by atoms with Crippen LogP contribution in [0.1, 0.15) is 11.3 Å². The van der Waals surface area contributed by atoms with Gasteiger partial charge in [-0.3, -0.25) is 4.98 Å². The number of halogens is 1. The summed E-state index contributed by atoms with van der Waals surface area (Å²) in [6.07, 6.45) is 5.63. The molecular formula is C10H12ClN3. The van der Waals surface area contributed by atoms with Crippen molar-refractivity contribution in [3.05, 3.63) is 42.0 Å². The minimum absolute atomic E-state index is 0. The molecular weight excluding hydrogens is 198 g/mol. The summed E-state index contributed by atoms with van der Waals surface area (Å²) in [5.74, 6) is 0. The predicted molar refractivity (Wildman–Crippen MR) is 58.1 cm³/mol. The summed E-state index contributed by atoms with van der Waals surface area (Å²) in [4.78, 5) is 4.13. The molecule has 74 valence electrons. The van der Waals surface area contributed by atoms with E-state index in [0.29, 0.717) is 0 Å². The Morgan fingerprint density at radius 3 is 2.64 bits per heavy atom. The highest BCUT2D eigenvalue weighted by atomic mass is 35.5. The Hall–Kier alpha value is -1.35. The van der Waals surface area contributed by atoms with Crippen LogP contribution in [0.2, 0.25) is 0 Å². The molecule has 4 heteroatoms. The Bertz CT molecular complexity index is 423. The summed E-state index contributed by atoms with van der Waals surface area (Å²) in [6, 6.07) is 3.95. The van der Waals surface area contributed by atoms with Crippen molar-refractivity contribution in [3.63, 3.8) is 0 Å². The van der Waals surface area contributed by atoms with Crippen LogP contribution in [0, 0.1) is 13.8 Å². The highest BCUT2D eigenvalue weighted by molar-refractivity contribution is 5.85. The Kier molecular flexibility index (Phi) is 3.25. The summed E-state index contributed by atoms with van der Waals surface area (Å²) in [5, 5.41) is 4.22. The maximum absolute atomic E-state index is 4.22. The minimum Gasteiger partial charge on any atom is -0.261 e. The standard InChI is InChI=1S/C10H11N3.ClH/c1-8-6-12-13(7-8)10-3-4-11-9(2)5-10;/h3-7H,1-2H3;1H. The average molecular weight is 210 g/mol. The third-order valence-corrected chi connectivity index (χ3v) is 1.86. The molecule has 2 heterocycles. The number of aromatic nitrogens is 3. The lowest BCUT2D eigenvalue weighted by Crippen LogP contribution is -1.95. The topological polar surface area (TPSA) is 30.7 Å². The molecule has 0 aromatic carbocycles. The highest BCUT2D eigenvalue weighted by Crippen LogP contribution is 2.07. The molecule has 0 saturated heterocycles. The highest BCUT2D eigenvalue weighted by Gasteiger charge is 1.97. The van der Waals surface area contributed by atoms with Gasteiger partial charge in [0.2, 0.25) is 0 Å². The lowest BCUT2D eigenvalue weighted by atomic mass is 10.3. The normalized spacial score (nSPS) is 9.57. The van der Waals surface area contributed by atoms with Gasteiger partial charge < -0.3 is 0 Å². The molecule has 0 N–H and O–H groups in total. The van der Waals surface area contributed by atoms with Gasteiger partial charge in [-0.05, 0) is 31.5 Å². The molecule has 2 aromatic heterocycles. The van der Waals surface area contributed by atoms with E-state index in [1.807, 2.05) is 43.1 Å². The zero-order valence-electron chi connectivity index (χ0n) is 8.14. The molecule has 0 aliphatic rings. The van der Waals surface area contributed by atoms with Gasteiger partial charge >= 0.3 is 0 Å². The maximum atomic E-state index is 4.22. The van der Waals surface area contributed by atoms with Crippen molar-refractivity contribution in [2.24, 2.45) is 0 Å². The molecule has 0 unspecified atom stereocenters. The second-order valence-corrected chi connectivity index (χ2v) is 3.12. The van der Waals surface area contributed by atoms with Crippen molar-refractivity contribution in [1.29, 1.82) is 0 Å². The van der Waals surface area contributed by atoms with E-state index >= 15 is 0 Å². The molecule has 14 heavy (non-hydrogen) atoms. The number of hydrogen-bond acceptors (Lipinski definition) is 2. The molecule has 0 fully saturated rings. The van der Waals surface area contributed by atoms with Crippen LogP contribution in [0.15, 0.2) is 30.7 Å².